The molecule has 0 heterocycles. The normalized spacial score (nSPS) is 45.8. The zero-order valence-electron chi connectivity index (χ0n) is 23.5. The molecule has 4 saturated carbocycles. The Morgan fingerprint density at radius 1 is 0.853 bits per heavy atom. The number of unbranched alkanes of at least 4 members (excludes halogenated alkanes) is 1. The topological polar surface area (TPSA) is 41.1 Å². The van der Waals surface area contributed by atoms with Gasteiger partial charge in [0, 0.05) is 13.0 Å². The van der Waals surface area contributed by atoms with Crippen molar-refractivity contribution in [1.29, 1.82) is 0 Å². The summed E-state index contributed by atoms with van der Waals surface area (Å²) in [5.74, 6) is 5.02. The van der Waals surface area contributed by atoms with E-state index >= 15 is 0 Å². The first kappa shape index (κ1) is 26.5. The molecule has 4 fully saturated rings. The highest BCUT2D eigenvalue weighted by Crippen LogP contribution is 2.74. The lowest BCUT2D eigenvalue weighted by Gasteiger charge is -2.68. The molecule has 0 saturated heterocycles. The van der Waals surface area contributed by atoms with Crippen molar-refractivity contribution >= 4 is 5.91 Å². The Kier molecular flexibility index (Phi) is 8.12. The molecule has 3 heteroatoms. The SMILES string of the molecule is CCCNCCCCNC(=O)CC1C(C)CC2(C)C1CCC1C3(C)CCC[C@@H](C)C3CC[C@@]12C. The van der Waals surface area contributed by atoms with Crippen molar-refractivity contribution in [3.8, 4) is 0 Å². The molecule has 3 nitrogen and oxygen atoms in total. The third-order valence-corrected chi connectivity index (χ3v) is 12.3. The average molecular weight is 473 g/mol. The van der Waals surface area contributed by atoms with Gasteiger partial charge in [-0.15, -0.1) is 0 Å². The van der Waals surface area contributed by atoms with E-state index in [1.165, 1.54) is 57.8 Å². The van der Waals surface area contributed by atoms with Gasteiger partial charge in [-0.2, -0.15) is 0 Å². The van der Waals surface area contributed by atoms with Crippen molar-refractivity contribution in [1.82, 2.24) is 10.6 Å². The van der Waals surface area contributed by atoms with Gasteiger partial charge in [-0.05, 0) is 123 Å². The van der Waals surface area contributed by atoms with Crippen LogP contribution in [0.5, 0.6) is 0 Å². The first-order valence-corrected chi connectivity index (χ1v) is 15.1. The second kappa shape index (κ2) is 10.4. The van der Waals surface area contributed by atoms with Gasteiger partial charge >= 0.3 is 0 Å². The van der Waals surface area contributed by atoms with Crippen LogP contribution in [0.15, 0.2) is 0 Å². The minimum Gasteiger partial charge on any atom is -0.356 e. The molecule has 1 amide bonds. The van der Waals surface area contributed by atoms with Crippen LogP contribution in [-0.2, 0) is 4.79 Å². The number of carbonyl (C=O) groups excluding carboxylic acids is 1. The van der Waals surface area contributed by atoms with Crippen LogP contribution >= 0.6 is 0 Å². The van der Waals surface area contributed by atoms with E-state index in [9.17, 15) is 4.79 Å². The Bertz CT molecular complexity index is 708. The Morgan fingerprint density at radius 3 is 2.38 bits per heavy atom. The molecule has 0 radical (unpaired) electrons. The lowest BCUT2D eigenvalue weighted by Crippen LogP contribution is -2.60. The van der Waals surface area contributed by atoms with E-state index in [2.05, 4.69) is 52.2 Å². The Hall–Kier alpha value is -0.570. The van der Waals surface area contributed by atoms with Crippen LogP contribution in [0, 0.1) is 51.8 Å². The smallest absolute Gasteiger partial charge is 0.220 e. The van der Waals surface area contributed by atoms with Crippen LogP contribution < -0.4 is 10.6 Å². The van der Waals surface area contributed by atoms with E-state index in [4.69, 9.17) is 0 Å². The summed E-state index contributed by atoms with van der Waals surface area (Å²) in [6.07, 6.45) is 15.5. The number of hydrogen-bond acceptors (Lipinski definition) is 2. The zero-order valence-corrected chi connectivity index (χ0v) is 23.5. The fraction of sp³-hybridized carbons (Fsp3) is 0.968. The first-order chi connectivity index (χ1) is 16.2. The fourth-order valence-electron chi connectivity index (χ4n) is 10.5. The summed E-state index contributed by atoms with van der Waals surface area (Å²) in [5, 5.41) is 6.74. The van der Waals surface area contributed by atoms with Gasteiger partial charge in [-0.3, -0.25) is 4.79 Å². The minimum atomic E-state index is 0.312. The van der Waals surface area contributed by atoms with Gasteiger partial charge in [-0.25, -0.2) is 0 Å². The summed E-state index contributed by atoms with van der Waals surface area (Å²) in [6.45, 7) is 18.3. The molecule has 0 aliphatic heterocycles. The van der Waals surface area contributed by atoms with E-state index in [1.54, 1.807) is 0 Å². The maximum atomic E-state index is 13.0. The van der Waals surface area contributed by atoms with Crippen LogP contribution in [0.25, 0.3) is 0 Å². The number of carbonyl (C=O) groups is 1. The third kappa shape index (κ3) is 4.50. The summed E-state index contributed by atoms with van der Waals surface area (Å²) >= 11 is 0. The van der Waals surface area contributed by atoms with Gasteiger partial charge in [0.1, 0.15) is 0 Å². The molecule has 7 unspecified atom stereocenters. The Labute approximate surface area is 211 Å². The highest BCUT2D eigenvalue weighted by Gasteiger charge is 2.67. The fourth-order valence-corrected chi connectivity index (χ4v) is 10.5. The Balaban J connectivity index is 1.39. The lowest BCUT2D eigenvalue weighted by molar-refractivity contribution is -0.189. The summed E-state index contributed by atoms with van der Waals surface area (Å²) < 4.78 is 0. The Morgan fingerprint density at radius 2 is 1.62 bits per heavy atom. The molecule has 0 spiro atoms. The summed E-state index contributed by atoms with van der Waals surface area (Å²) in [6, 6.07) is 0. The number of hydrogen-bond donors (Lipinski definition) is 2. The predicted molar refractivity (Wildman–Crippen MR) is 144 cm³/mol. The monoisotopic (exact) mass is 472 g/mol. The molecule has 2 N–H and O–H groups in total. The second-order valence-corrected chi connectivity index (χ2v) is 13.9. The average Bonchev–Trinajstić information content (AvgIpc) is 3.03. The van der Waals surface area contributed by atoms with Crippen molar-refractivity contribution in [2.75, 3.05) is 19.6 Å². The van der Waals surface area contributed by atoms with E-state index < -0.39 is 0 Å². The summed E-state index contributed by atoms with van der Waals surface area (Å²) in [4.78, 5) is 13.0. The van der Waals surface area contributed by atoms with Crippen LogP contribution in [0.2, 0.25) is 0 Å². The maximum Gasteiger partial charge on any atom is 0.220 e. The van der Waals surface area contributed by atoms with Crippen molar-refractivity contribution in [2.45, 2.75) is 119 Å². The molecule has 0 aromatic heterocycles. The third-order valence-electron chi connectivity index (χ3n) is 12.3. The van der Waals surface area contributed by atoms with E-state index in [0.29, 0.717) is 34.0 Å². The van der Waals surface area contributed by atoms with Crippen molar-refractivity contribution in [2.24, 2.45) is 51.8 Å². The van der Waals surface area contributed by atoms with E-state index in [0.717, 1.165) is 62.6 Å². The summed E-state index contributed by atoms with van der Waals surface area (Å²) in [7, 11) is 0. The predicted octanol–water partition coefficient (Wildman–Crippen LogP) is 7.20. The molecule has 4 aliphatic rings. The molecule has 0 aromatic carbocycles. The van der Waals surface area contributed by atoms with Gasteiger partial charge in [0.2, 0.25) is 5.91 Å². The van der Waals surface area contributed by atoms with Crippen molar-refractivity contribution in [3.63, 3.8) is 0 Å². The molecule has 34 heavy (non-hydrogen) atoms. The lowest BCUT2D eigenvalue weighted by atomic mass is 9.37. The van der Waals surface area contributed by atoms with E-state index in [1.807, 2.05) is 0 Å². The number of rotatable bonds is 9. The van der Waals surface area contributed by atoms with Gasteiger partial charge in [-0.1, -0.05) is 54.4 Å². The number of nitrogens with one attached hydrogen (secondary N) is 2. The number of amides is 1. The molecule has 0 bridgehead atoms. The standard InChI is InChI=1S/C31H56N2O/c1-7-17-32-18-8-9-19-33-28(34)20-24-23(3)21-31(6)26(24)12-13-27-29(4)15-10-11-22(2)25(29)14-16-30(27,31)5/h22-27,32H,7-21H2,1-6H3,(H,33,34)/t22-,23?,24?,25?,26?,27?,29?,30+,31?/m1/s1. The highest BCUT2D eigenvalue weighted by atomic mass is 16.1. The molecule has 4 rings (SSSR count). The van der Waals surface area contributed by atoms with Crippen LogP contribution in [-0.4, -0.2) is 25.5 Å². The number of fused-ring (bicyclic) bond motifs is 5. The van der Waals surface area contributed by atoms with Crippen molar-refractivity contribution < 1.29 is 4.79 Å². The van der Waals surface area contributed by atoms with Gasteiger partial charge < -0.3 is 10.6 Å². The highest BCUT2D eigenvalue weighted by molar-refractivity contribution is 5.76. The van der Waals surface area contributed by atoms with Crippen LogP contribution in [0.1, 0.15) is 119 Å². The van der Waals surface area contributed by atoms with Crippen LogP contribution in [0.3, 0.4) is 0 Å². The molecule has 196 valence electrons. The molecular weight excluding hydrogens is 416 g/mol. The van der Waals surface area contributed by atoms with Crippen molar-refractivity contribution in [3.05, 3.63) is 0 Å². The quantitative estimate of drug-likeness (QED) is 0.348. The van der Waals surface area contributed by atoms with Crippen LogP contribution in [0.4, 0.5) is 0 Å². The summed E-state index contributed by atoms with van der Waals surface area (Å²) in [5.41, 5.74) is 1.40. The maximum absolute atomic E-state index is 13.0. The molecule has 0 aromatic rings. The van der Waals surface area contributed by atoms with Gasteiger partial charge in [0.05, 0.1) is 0 Å². The molecule has 4 aliphatic carbocycles. The molecular formula is C31H56N2O. The minimum absolute atomic E-state index is 0.312. The largest absolute Gasteiger partial charge is 0.356 e. The first-order valence-electron chi connectivity index (χ1n) is 15.1. The molecule has 9 atom stereocenters. The van der Waals surface area contributed by atoms with Gasteiger partial charge in [0.25, 0.3) is 0 Å². The second-order valence-electron chi connectivity index (χ2n) is 13.9. The van der Waals surface area contributed by atoms with E-state index in [-0.39, 0.29) is 0 Å². The van der Waals surface area contributed by atoms with Gasteiger partial charge in [0.15, 0.2) is 0 Å². The zero-order chi connectivity index (χ0) is 24.6.